The summed E-state index contributed by atoms with van der Waals surface area (Å²) in [6, 6.07) is 19.7. The molecule has 0 aromatic heterocycles. The maximum atomic E-state index is 12.5. The molecular weight excluding hydrogens is 491 g/mol. The van der Waals surface area contributed by atoms with E-state index in [0.717, 1.165) is 3.57 Å². The number of carbonyl (C=O) groups excluding carboxylic acids is 1. The van der Waals surface area contributed by atoms with E-state index in [1.165, 1.54) is 19.2 Å². The minimum absolute atomic E-state index is 0.0931. The first-order valence-corrected chi connectivity index (χ1v) is 10.8. The van der Waals surface area contributed by atoms with E-state index in [1.54, 1.807) is 54.6 Å². The average Bonchev–Trinajstić information content (AvgIpc) is 2.69. The molecule has 3 aromatic carbocycles. The van der Waals surface area contributed by atoms with Crippen LogP contribution >= 0.6 is 22.6 Å². The molecule has 28 heavy (non-hydrogen) atoms. The van der Waals surface area contributed by atoms with Crippen LogP contribution in [-0.2, 0) is 10.0 Å². The maximum Gasteiger partial charge on any atom is 0.261 e. The van der Waals surface area contributed by atoms with E-state index in [-0.39, 0.29) is 10.8 Å². The van der Waals surface area contributed by atoms with Crippen LogP contribution in [0.2, 0.25) is 0 Å². The van der Waals surface area contributed by atoms with Gasteiger partial charge in [0.05, 0.1) is 12.0 Å². The highest BCUT2D eigenvalue weighted by Crippen LogP contribution is 2.21. The minimum Gasteiger partial charge on any atom is -0.497 e. The Balaban J connectivity index is 1.71. The molecule has 0 aliphatic carbocycles. The number of halogens is 1. The molecule has 8 heteroatoms. The molecule has 0 atom stereocenters. The molecule has 0 radical (unpaired) electrons. The van der Waals surface area contributed by atoms with Crippen LogP contribution in [0.25, 0.3) is 0 Å². The maximum absolute atomic E-state index is 12.5. The van der Waals surface area contributed by atoms with Gasteiger partial charge in [-0.2, -0.15) is 0 Å². The van der Waals surface area contributed by atoms with Crippen molar-refractivity contribution < 1.29 is 17.9 Å². The van der Waals surface area contributed by atoms with Crippen LogP contribution in [-0.4, -0.2) is 21.4 Å². The molecule has 1 amide bonds. The van der Waals surface area contributed by atoms with Gasteiger partial charge in [-0.05, 0) is 89.3 Å². The molecule has 0 heterocycles. The number of ether oxygens (including phenoxy) is 1. The lowest BCUT2D eigenvalue weighted by Crippen LogP contribution is -2.14. The second-order valence-corrected chi connectivity index (χ2v) is 8.75. The number of nitrogens with one attached hydrogen (secondary N) is 2. The van der Waals surface area contributed by atoms with E-state index < -0.39 is 10.0 Å². The molecule has 0 saturated heterocycles. The van der Waals surface area contributed by atoms with Crippen LogP contribution in [0.5, 0.6) is 5.75 Å². The van der Waals surface area contributed by atoms with Crippen molar-refractivity contribution in [1.82, 2.24) is 0 Å². The van der Waals surface area contributed by atoms with Crippen molar-refractivity contribution in [2.75, 3.05) is 17.1 Å². The molecule has 0 aliphatic heterocycles. The lowest BCUT2D eigenvalue weighted by Gasteiger charge is -2.10. The number of hydrogen-bond donors (Lipinski definition) is 2. The van der Waals surface area contributed by atoms with E-state index in [0.29, 0.717) is 22.7 Å². The van der Waals surface area contributed by atoms with Gasteiger partial charge in [0, 0.05) is 20.5 Å². The summed E-state index contributed by atoms with van der Waals surface area (Å²) in [5.41, 5.74) is 1.47. The molecule has 0 spiro atoms. The van der Waals surface area contributed by atoms with E-state index in [9.17, 15) is 13.2 Å². The molecule has 0 fully saturated rings. The summed E-state index contributed by atoms with van der Waals surface area (Å²) in [6.07, 6.45) is 0. The van der Waals surface area contributed by atoms with Crippen LogP contribution in [0.1, 0.15) is 10.4 Å². The predicted octanol–water partition coefficient (Wildman–Crippen LogP) is 4.35. The van der Waals surface area contributed by atoms with Crippen molar-refractivity contribution in [3.05, 3.63) is 81.9 Å². The third-order valence-electron chi connectivity index (χ3n) is 3.85. The van der Waals surface area contributed by atoms with E-state index in [2.05, 4.69) is 32.6 Å². The third-order valence-corrected chi connectivity index (χ3v) is 5.92. The summed E-state index contributed by atoms with van der Waals surface area (Å²) >= 11 is 2.14. The molecule has 3 aromatic rings. The molecule has 144 valence electrons. The second kappa shape index (κ2) is 8.61. The van der Waals surface area contributed by atoms with E-state index >= 15 is 0 Å². The summed E-state index contributed by atoms with van der Waals surface area (Å²) in [5.74, 6) is 0.377. The topological polar surface area (TPSA) is 84.5 Å². The zero-order chi connectivity index (χ0) is 20.1. The SMILES string of the molecule is COc1ccc(NS(=O)(=O)c2ccc(NC(=O)c3cccc(I)c3)cc2)cc1. The number of benzene rings is 3. The first-order chi connectivity index (χ1) is 13.4. The van der Waals surface area contributed by atoms with Crippen LogP contribution in [0, 0.1) is 3.57 Å². The van der Waals surface area contributed by atoms with Crippen molar-refractivity contribution in [3.8, 4) is 5.75 Å². The predicted molar refractivity (Wildman–Crippen MR) is 117 cm³/mol. The highest BCUT2D eigenvalue weighted by Gasteiger charge is 2.15. The Kier molecular flexibility index (Phi) is 6.20. The van der Waals surface area contributed by atoms with Gasteiger partial charge in [0.15, 0.2) is 0 Å². The number of amides is 1. The molecule has 0 aliphatic rings. The number of sulfonamides is 1. The van der Waals surface area contributed by atoms with Crippen LogP contribution < -0.4 is 14.8 Å². The largest absolute Gasteiger partial charge is 0.497 e. The average molecular weight is 508 g/mol. The second-order valence-electron chi connectivity index (χ2n) is 5.82. The first kappa shape index (κ1) is 20.2. The quantitative estimate of drug-likeness (QED) is 0.485. The Hall–Kier alpha value is -2.59. The molecule has 0 bridgehead atoms. The van der Waals surface area contributed by atoms with Crippen LogP contribution in [0.4, 0.5) is 11.4 Å². The summed E-state index contributed by atoms with van der Waals surface area (Å²) in [6.45, 7) is 0. The third kappa shape index (κ3) is 5.02. The highest BCUT2D eigenvalue weighted by molar-refractivity contribution is 14.1. The molecular formula is C20H17IN2O4S. The van der Waals surface area contributed by atoms with Gasteiger partial charge in [0.1, 0.15) is 5.75 Å². The minimum atomic E-state index is -3.74. The Labute approximate surface area is 177 Å². The fraction of sp³-hybridized carbons (Fsp3) is 0.0500. The van der Waals surface area contributed by atoms with Crippen molar-refractivity contribution in [2.45, 2.75) is 4.90 Å². The number of rotatable bonds is 6. The van der Waals surface area contributed by atoms with Crippen LogP contribution in [0.15, 0.2) is 77.7 Å². The fourth-order valence-electron chi connectivity index (χ4n) is 2.42. The first-order valence-electron chi connectivity index (χ1n) is 8.21. The van der Waals surface area contributed by atoms with Gasteiger partial charge in [0.2, 0.25) is 0 Å². The van der Waals surface area contributed by atoms with Gasteiger partial charge in [-0.3, -0.25) is 9.52 Å². The Morgan fingerprint density at radius 1 is 0.929 bits per heavy atom. The standard InChI is InChI=1S/C20H17IN2O4S/c1-27-18-9-5-17(6-10-18)23-28(25,26)19-11-7-16(8-12-19)22-20(24)14-3-2-4-15(21)13-14/h2-13,23H,1H3,(H,22,24). The number of methoxy groups -OCH3 is 1. The van der Waals surface area contributed by atoms with Crippen molar-refractivity contribution >= 4 is 49.9 Å². The summed E-state index contributed by atoms with van der Waals surface area (Å²) < 4.78 is 33.6. The Bertz CT molecular complexity index is 1080. The normalized spacial score (nSPS) is 10.9. The number of hydrogen-bond acceptors (Lipinski definition) is 4. The van der Waals surface area contributed by atoms with E-state index in [1.807, 2.05) is 6.07 Å². The van der Waals surface area contributed by atoms with Gasteiger partial charge < -0.3 is 10.1 Å². The summed E-state index contributed by atoms with van der Waals surface area (Å²) in [4.78, 5) is 12.4. The molecule has 0 saturated carbocycles. The monoisotopic (exact) mass is 508 g/mol. The number of carbonyl (C=O) groups is 1. The van der Waals surface area contributed by atoms with E-state index in [4.69, 9.17) is 4.74 Å². The summed E-state index contributed by atoms with van der Waals surface area (Å²) in [5, 5.41) is 2.76. The fourth-order valence-corrected chi connectivity index (χ4v) is 4.03. The summed E-state index contributed by atoms with van der Waals surface area (Å²) in [7, 11) is -2.20. The molecule has 3 rings (SSSR count). The van der Waals surface area contributed by atoms with Gasteiger partial charge >= 0.3 is 0 Å². The lowest BCUT2D eigenvalue weighted by atomic mass is 10.2. The van der Waals surface area contributed by atoms with Gasteiger partial charge in [-0.15, -0.1) is 0 Å². The van der Waals surface area contributed by atoms with Crippen LogP contribution in [0.3, 0.4) is 0 Å². The van der Waals surface area contributed by atoms with Crippen molar-refractivity contribution in [3.63, 3.8) is 0 Å². The molecule has 2 N–H and O–H groups in total. The van der Waals surface area contributed by atoms with Gasteiger partial charge in [-0.25, -0.2) is 8.42 Å². The van der Waals surface area contributed by atoms with Crippen molar-refractivity contribution in [2.24, 2.45) is 0 Å². The zero-order valence-corrected chi connectivity index (χ0v) is 17.8. The van der Waals surface area contributed by atoms with Gasteiger partial charge in [0.25, 0.3) is 15.9 Å². The molecule has 6 nitrogen and oxygen atoms in total. The van der Waals surface area contributed by atoms with Gasteiger partial charge in [-0.1, -0.05) is 6.07 Å². The van der Waals surface area contributed by atoms with Crippen molar-refractivity contribution in [1.29, 1.82) is 0 Å². The zero-order valence-electron chi connectivity index (χ0n) is 14.8. The highest BCUT2D eigenvalue weighted by atomic mass is 127. The lowest BCUT2D eigenvalue weighted by molar-refractivity contribution is 0.102. The smallest absolute Gasteiger partial charge is 0.261 e. The Morgan fingerprint density at radius 2 is 1.57 bits per heavy atom. The Morgan fingerprint density at radius 3 is 2.18 bits per heavy atom. The number of anilines is 2. The molecule has 0 unspecified atom stereocenters.